The van der Waals surface area contributed by atoms with E-state index >= 15 is 0 Å². The summed E-state index contributed by atoms with van der Waals surface area (Å²) in [6, 6.07) is 9.81. The number of piperazine rings is 1. The molecular weight excluding hydrogens is 326 g/mol. The average Bonchev–Trinajstić information content (AvgIpc) is 2.88. The van der Waals surface area contributed by atoms with Crippen LogP contribution >= 0.6 is 0 Å². The van der Waals surface area contributed by atoms with E-state index in [0.717, 1.165) is 19.5 Å². The van der Waals surface area contributed by atoms with Crippen molar-refractivity contribution in [3.05, 3.63) is 35.9 Å². The predicted molar refractivity (Wildman–Crippen MR) is 93.7 cm³/mol. The van der Waals surface area contributed by atoms with Gasteiger partial charge in [-0.25, -0.2) is 13.2 Å². The third-order valence-corrected chi connectivity index (χ3v) is 6.65. The summed E-state index contributed by atoms with van der Waals surface area (Å²) in [6.07, 6.45) is 0.895. The van der Waals surface area contributed by atoms with Gasteiger partial charge in [0.1, 0.15) is 0 Å². The number of rotatable bonds is 3. The maximum absolute atomic E-state index is 12.4. The van der Waals surface area contributed by atoms with Crippen LogP contribution in [0.5, 0.6) is 0 Å². The molecule has 2 atom stereocenters. The highest BCUT2D eigenvalue weighted by atomic mass is 32.2. The van der Waals surface area contributed by atoms with Crippen LogP contribution in [-0.2, 0) is 16.3 Å². The van der Waals surface area contributed by atoms with Gasteiger partial charge in [-0.05, 0) is 12.0 Å². The molecule has 3 rings (SSSR count). The number of benzene rings is 1. The minimum Gasteiger partial charge on any atom is -0.331 e. The normalized spacial score (nSPS) is 26.2. The molecule has 0 saturated carbocycles. The van der Waals surface area contributed by atoms with Gasteiger partial charge < -0.3 is 9.80 Å². The summed E-state index contributed by atoms with van der Waals surface area (Å²) in [4.78, 5) is 17.9. The highest BCUT2D eigenvalue weighted by Crippen LogP contribution is 2.27. The van der Waals surface area contributed by atoms with E-state index in [1.807, 2.05) is 18.2 Å². The lowest BCUT2D eigenvalue weighted by Gasteiger charge is -2.44. The van der Waals surface area contributed by atoms with Gasteiger partial charge in [-0.2, -0.15) is 0 Å². The third kappa shape index (κ3) is 3.57. The van der Waals surface area contributed by atoms with Crippen molar-refractivity contribution < 1.29 is 13.2 Å². The van der Waals surface area contributed by atoms with Gasteiger partial charge in [-0.1, -0.05) is 30.3 Å². The largest absolute Gasteiger partial charge is 0.331 e. The lowest BCUT2D eigenvalue weighted by atomic mass is 10.0. The Balaban J connectivity index is 1.73. The Hall–Kier alpha value is -1.60. The molecule has 0 spiro atoms. The fourth-order valence-corrected chi connectivity index (χ4v) is 5.73. The van der Waals surface area contributed by atoms with Crippen molar-refractivity contribution in [3.63, 3.8) is 0 Å². The van der Waals surface area contributed by atoms with Gasteiger partial charge >= 0.3 is 6.03 Å². The molecule has 132 valence electrons. The van der Waals surface area contributed by atoms with Crippen LogP contribution in [0.25, 0.3) is 0 Å². The van der Waals surface area contributed by atoms with Crippen molar-refractivity contribution >= 4 is 15.9 Å². The molecule has 2 heterocycles. The first-order valence-corrected chi connectivity index (χ1v) is 10.2. The monoisotopic (exact) mass is 351 g/mol. The van der Waals surface area contributed by atoms with Crippen molar-refractivity contribution in [1.82, 2.24) is 14.7 Å². The quantitative estimate of drug-likeness (QED) is 0.804. The number of urea groups is 1. The summed E-state index contributed by atoms with van der Waals surface area (Å²) < 4.78 is 24.4. The van der Waals surface area contributed by atoms with Crippen LogP contribution in [0, 0.1) is 0 Å². The van der Waals surface area contributed by atoms with E-state index in [9.17, 15) is 13.2 Å². The molecule has 24 heavy (non-hydrogen) atoms. The van der Waals surface area contributed by atoms with Crippen molar-refractivity contribution in [2.45, 2.75) is 18.5 Å². The second-order valence-electron chi connectivity index (χ2n) is 6.85. The Labute approximate surface area is 144 Å². The number of hydrogen-bond acceptors (Lipinski definition) is 4. The molecule has 2 aliphatic heterocycles. The highest BCUT2D eigenvalue weighted by molar-refractivity contribution is 7.91. The van der Waals surface area contributed by atoms with Crippen LogP contribution in [0.15, 0.2) is 30.3 Å². The van der Waals surface area contributed by atoms with Crippen molar-refractivity contribution in [2.75, 3.05) is 45.2 Å². The summed E-state index contributed by atoms with van der Waals surface area (Å²) in [6.45, 7) is 2.14. The Morgan fingerprint density at radius 2 is 1.79 bits per heavy atom. The van der Waals surface area contributed by atoms with E-state index in [2.05, 4.69) is 17.0 Å². The number of sulfone groups is 1. The van der Waals surface area contributed by atoms with E-state index in [1.165, 1.54) is 10.5 Å². The molecule has 0 radical (unpaired) electrons. The molecule has 0 N–H and O–H groups in total. The van der Waals surface area contributed by atoms with Crippen LogP contribution in [0.1, 0.15) is 5.56 Å². The summed E-state index contributed by atoms with van der Waals surface area (Å²) in [5, 5.41) is 0. The van der Waals surface area contributed by atoms with E-state index in [0.29, 0.717) is 6.54 Å². The fraction of sp³-hybridized carbons (Fsp3) is 0.588. The maximum Gasteiger partial charge on any atom is 0.319 e. The predicted octanol–water partition coefficient (Wildman–Crippen LogP) is 0.694. The summed E-state index contributed by atoms with van der Waals surface area (Å²) in [5.41, 5.74) is 1.25. The third-order valence-electron chi connectivity index (χ3n) is 4.95. The van der Waals surface area contributed by atoms with E-state index in [4.69, 9.17) is 0 Å². The van der Waals surface area contributed by atoms with Gasteiger partial charge in [0.2, 0.25) is 0 Å². The topological polar surface area (TPSA) is 60.9 Å². The molecule has 0 aromatic heterocycles. The van der Waals surface area contributed by atoms with Gasteiger partial charge in [0, 0.05) is 39.8 Å². The first-order valence-electron chi connectivity index (χ1n) is 8.34. The van der Waals surface area contributed by atoms with Crippen LogP contribution in [0.2, 0.25) is 0 Å². The molecular formula is C17H25N3O3S. The molecule has 1 aromatic carbocycles. The number of carbonyl (C=O) groups is 1. The molecule has 6 nitrogen and oxygen atoms in total. The number of hydrogen-bond donors (Lipinski definition) is 0. The lowest BCUT2D eigenvalue weighted by molar-refractivity contribution is 0.0573. The second-order valence-corrected chi connectivity index (χ2v) is 9.01. The molecule has 7 heteroatoms. The molecule has 0 unspecified atom stereocenters. The fourth-order valence-electron chi connectivity index (χ4n) is 3.71. The molecule has 2 aliphatic rings. The molecule has 0 bridgehead atoms. The van der Waals surface area contributed by atoms with Crippen LogP contribution in [0.3, 0.4) is 0 Å². The Bertz CT molecular complexity index is 690. The zero-order valence-corrected chi connectivity index (χ0v) is 15.1. The molecule has 1 aromatic rings. The maximum atomic E-state index is 12.4. The number of carbonyl (C=O) groups excluding carboxylic acids is 1. The van der Waals surface area contributed by atoms with Gasteiger partial charge in [-0.3, -0.25) is 4.90 Å². The van der Waals surface area contributed by atoms with Gasteiger partial charge in [-0.15, -0.1) is 0 Å². The minimum absolute atomic E-state index is 0.0824. The Morgan fingerprint density at radius 3 is 2.46 bits per heavy atom. The zero-order valence-electron chi connectivity index (χ0n) is 14.3. The van der Waals surface area contributed by atoms with Crippen LogP contribution in [0.4, 0.5) is 4.79 Å². The first-order chi connectivity index (χ1) is 11.4. The molecule has 0 aliphatic carbocycles. The number of fused-ring (bicyclic) bond motifs is 1. The molecule has 2 amide bonds. The number of nitrogens with zero attached hydrogens (tertiary/aromatic N) is 3. The van der Waals surface area contributed by atoms with Gasteiger partial charge in [0.05, 0.1) is 17.5 Å². The van der Waals surface area contributed by atoms with Crippen molar-refractivity contribution in [2.24, 2.45) is 0 Å². The summed E-state index contributed by atoms with van der Waals surface area (Å²) in [5.74, 6) is 0.239. The average molecular weight is 351 g/mol. The minimum atomic E-state index is -3.09. The second kappa shape index (κ2) is 6.72. The zero-order chi connectivity index (χ0) is 17.3. The number of amides is 2. The van der Waals surface area contributed by atoms with Crippen molar-refractivity contribution in [3.8, 4) is 0 Å². The Morgan fingerprint density at radius 1 is 1.12 bits per heavy atom. The van der Waals surface area contributed by atoms with E-state index < -0.39 is 9.84 Å². The Kier molecular flexibility index (Phi) is 4.83. The van der Waals surface area contributed by atoms with E-state index in [-0.39, 0.29) is 29.6 Å². The van der Waals surface area contributed by atoms with E-state index in [1.54, 1.807) is 19.0 Å². The molecule has 2 saturated heterocycles. The SMILES string of the molecule is CN(C)C(=O)N1CCN(CCc2ccccc2)[C@H]2CS(=O)(=O)C[C@H]21. The van der Waals surface area contributed by atoms with Crippen LogP contribution < -0.4 is 0 Å². The van der Waals surface area contributed by atoms with Gasteiger partial charge in [0.15, 0.2) is 9.84 Å². The standard InChI is InChI=1S/C17H25N3O3S/c1-18(2)17(21)20-11-10-19(9-8-14-6-4-3-5-7-14)15-12-24(22,23)13-16(15)20/h3-7,15-16H,8-13H2,1-2H3/t15-,16+/m0/s1. The summed E-state index contributed by atoms with van der Waals surface area (Å²) >= 11 is 0. The highest BCUT2D eigenvalue weighted by Gasteiger charge is 2.48. The smallest absolute Gasteiger partial charge is 0.319 e. The van der Waals surface area contributed by atoms with Crippen molar-refractivity contribution in [1.29, 1.82) is 0 Å². The summed E-state index contributed by atoms with van der Waals surface area (Å²) in [7, 11) is 0.331. The van der Waals surface area contributed by atoms with Crippen LogP contribution in [-0.4, -0.2) is 86.5 Å². The first kappa shape index (κ1) is 17.2. The molecule has 2 fully saturated rings. The van der Waals surface area contributed by atoms with Gasteiger partial charge in [0.25, 0.3) is 0 Å². The lowest BCUT2D eigenvalue weighted by Crippen LogP contribution is -2.62.